The summed E-state index contributed by atoms with van der Waals surface area (Å²) in [5, 5.41) is 9.41. The molecule has 28 heavy (non-hydrogen) atoms. The minimum absolute atomic E-state index is 0.0518. The summed E-state index contributed by atoms with van der Waals surface area (Å²) in [6.07, 6.45) is 4.50. The van der Waals surface area contributed by atoms with Gasteiger partial charge in [0.05, 0.1) is 12.1 Å². The van der Waals surface area contributed by atoms with Crippen molar-refractivity contribution in [2.75, 3.05) is 12.3 Å². The number of thioether (sulfide) groups is 2. The predicted molar refractivity (Wildman–Crippen MR) is 114 cm³/mol. The first-order valence-corrected chi connectivity index (χ1v) is 11.7. The number of urea groups is 1. The number of hydrogen-bond donors (Lipinski definition) is 3. The van der Waals surface area contributed by atoms with Gasteiger partial charge in [-0.2, -0.15) is 11.8 Å². The normalized spacial score (nSPS) is 23.0. The summed E-state index contributed by atoms with van der Waals surface area (Å²) in [5.41, 5.74) is 0. The number of carbonyl (C=O) groups is 3. The molecule has 2 aliphatic heterocycles. The second-order valence-electron chi connectivity index (χ2n) is 7.11. The van der Waals surface area contributed by atoms with Crippen LogP contribution in [-0.4, -0.2) is 46.7 Å². The number of benzene rings is 1. The lowest BCUT2D eigenvalue weighted by atomic mass is 10.0. The summed E-state index contributed by atoms with van der Waals surface area (Å²) in [4.78, 5) is 36.2. The van der Waals surface area contributed by atoms with Crippen LogP contribution in [0.5, 0.6) is 0 Å². The van der Waals surface area contributed by atoms with E-state index in [1.807, 2.05) is 42.1 Å². The number of hydrogen-bond acceptors (Lipinski definition) is 5. The number of rotatable bonds is 10. The SMILES string of the molecule is O=C(CCCC[C@@H]1SC[C@@H]2NC(=O)N[C@@H]21)NCCCC(=O)Sc1ccccc1. The molecule has 0 bridgehead atoms. The molecular weight excluding hydrogens is 394 g/mol. The van der Waals surface area contributed by atoms with E-state index in [2.05, 4.69) is 16.0 Å². The van der Waals surface area contributed by atoms with E-state index in [0.29, 0.717) is 31.1 Å². The minimum atomic E-state index is -0.0553. The maximum absolute atomic E-state index is 11.9. The van der Waals surface area contributed by atoms with Gasteiger partial charge in [-0.15, -0.1) is 0 Å². The third-order valence-electron chi connectivity index (χ3n) is 4.94. The molecule has 0 aromatic heterocycles. The van der Waals surface area contributed by atoms with Gasteiger partial charge in [-0.25, -0.2) is 4.79 Å². The number of nitrogens with one attached hydrogen (secondary N) is 3. The Bertz CT molecular complexity index is 687. The van der Waals surface area contributed by atoms with E-state index in [9.17, 15) is 14.4 Å². The summed E-state index contributed by atoms with van der Waals surface area (Å²) in [5.74, 6) is 1.02. The first kappa shape index (κ1) is 21.0. The zero-order chi connectivity index (χ0) is 19.8. The standard InChI is InChI=1S/C20H27N3O3S2/c24-17(21-12-6-11-18(25)28-14-7-2-1-3-8-14)10-5-4-9-16-19-15(13-27-16)22-20(26)23-19/h1-3,7-8,15-16,19H,4-6,9-13H2,(H,21,24)(H2,22,23,26)/t15-,16-,19-/m0/s1. The Hall–Kier alpha value is -1.67. The van der Waals surface area contributed by atoms with Crippen LogP contribution in [0.15, 0.2) is 35.2 Å². The van der Waals surface area contributed by atoms with Crippen molar-refractivity contribution in [3.63, 3.8) is 0 Å². The van der Waals surface area contributed by atoms with Crippen LogP contribution in [0.25, 0.3) is 0 Å². The number of unbranched alkanes of at least 4 members (excludes halogenated alkanes) is 1. The fourth-order valence-electron chi connectivity index (χ4n) is 3.49. The molecule has 6 nitrogen and oxygen atoms in total. The Morgan fingerprint density at radius 3 is 2.75 bits per heavy atom. The molecule has 1 aromatic rings. The smallest absolute Gasteiger partial charge is 0.315 e. The summed E-state index contributed by atoms with van der Waals surface area (Å²) < 4.78 is 0. The van der Waals surface area contributed by atoms with E-state index >= 15 is 0 Å². The van der Waals surface area contributed by atoms with E-state index < -0.39 is 0 Å². The summed E-state index contributed by atoms with van der Waals surface area (Å²) in [6, 6.07) is 10.0. The molecule has 3 rings (SSSR count). The molecule has 0 unspecified atom stereocenters. The van der Waals surface area contributed by atoms with Crippen LogP contribution < -0.4 is 16.0 Å². The number of carbonyl (C=O) groups excluding carboxylic acids is 3. The molecule has 2 fully saturated rings. The van der Waals surface area contributed by atoms with Crippen LogP contribution >= 0.6 is 23.5 Å². The van der Waals surface area contributed by atoms with E-state index in [4.69, 9.17) is 0 Å². The maximum atomic E-state index is 11.9. The van der Waals surface area contributed by atoms with Crippen LogP contribution in [0.3, 0.4) is 0 Å². The van der Waals surface area contributed by atoms with Gasteiger partial charge in [0.1, 0.15) is 0 Å². The zero-order valence-electron chi connectivity index (χ0n) is 15.8. The van der Waals surface area contributed by atoms with Crippen molar-refractivity contribution in [1.82, 2.24) is 16.0 Å². The van der Waals surface area contributed by atoms with Gasteiger partial charge in [0.15, 0.2) is 5.12 Å². The molecule has 3 N–H and O–H groups in total. The highest BCUT2D eigenvalue weighted by atomic mass is 32.2. The third-order valence-corrected chi connectivity index (χ3v) is 7.38. The van der Waals surface area contributed by atoms with Gasteiger partial charge in [0, 0.05) is 35.3 Å². The van der Waals surface area contributed by atoms with Crippen LogP contribution in [0, 0.1) is 0 Å². The Labute approximate surface area is 174 Å². The lowest BCUT2D eigenvalue weighted by Gasteiger charge is -2.16. The summed E-state index contributed by atoms with van der Waals surface area (Å²) in [6.45, 7) is 0.542. The molecule has 2 heterocycles. The number of amides is 3. The molecule has 152 valence electrons. The van der Waals surface area contributed by atoms with Crippen LogP contribution in [-0.2, 0) is 9.59 Å². The first-order valence-electron chi connectivity index (χ1n) is 9.83. The molecule has 2 aliphatic rings. The quantitative estimate of drug-likeness (QED) is 0.307. The van der Waals surface area contributed by atoms with Gasteiger partial charge in [-0.3, -0.25) is 9.59 Å². The fourth-order valence-corrected chi connectivity index (χ4v) is 5.84. The van der Waals surface area contributed by atoms with Crippen molar-refractivity contribution < 1.29 is 14.4 Å². The average Bonchev–Trinajstić information content (AvgIpc) is 3.22. The number of fused-ring (bicyclic) bond motifs is 1. The molecule has 8 heteroatoms. The topological polar surface area (TPSA) is 87.3 Å². The first-order chi connectivity index (χ1) is 13.6. The molecule has 1 aromatic carbocycles. The van der Waals surface area contributed by atoms with E-state index in [-0.39, 0.29) is 29.1 Å². The second-order valence-corrected chi connectivity index (χ2v) is 9.51. The molecule has 2 saturated heterocycles. The molecule has 0 spiro atoms. The Morgan fingerprint density at radius 2 is 1.93 bits per heavy atom. The largest absolute Gasteiger partial charge is 0.356 e. The minimum Gasteiger partial charge on any atom is -0.356 e. The fraction of sp³-hybridized carbons (Fsp3) is 0.550. The second kappa shape index (κ2) is 10.8. The van der Waals surface area contributed by atoms with E-state index in [1.165, 1.54) is 11.8 Å². The van der Waals surface area contributed by atoms with Crippen molar-refractivity contribution in [1.29, 1.82) is 0 Å². The molecule has 3 amide bonds. The monoisotopic (exact) mass is 421 g/mol. The zero-order valence-corrected chi connectivity index (χ0v) is 17.4. The van der Waals surface area contributed by atoms with Crippen molar-refractivity contribution >= 4 is 40.6 Å². The molecule has 0 aliphatic carbocycles. The lowest BCUT2D eigenvalue weighted by molar-refractivity contribution is -0.121. The van der Waals surface area contributed by atoms with Gasteiger partial charge in [-0.05, 0) is 31.4 Å². The van der Waals surface area contributed by atoms with Crippen LogP contribution in [0.4, 0.5) is 4.79 Å². The van der Waals surface area contributed by atoms with Crippen LogP contribution in [0.2, 0.25) is 0 Å². The van der Waals surface area contributed by atoms with Crippen molar-refractivity contribution in [3.05, 3.63) is 30.3 Å². The lowest BCUT2D eigenvalue weighted by Crippen LogP contribution is -2.36. The highest BCUT2D eigenvalue weighted by molar-refractivity contribution is 8.13. The van der Waals surface area contributed by atoms with Gasteiger partial charge < -0.3 is 16.0 Å². The average molecular weight is 422 g/mol. The summed E-state index contributed by atoms with van der Waals surface area (Å²) >= 11 is 3.16. The van der Waals surface area contributed by atoms with Gasteiger partial charge in [0.25, 0.3) is 0 Å². The van der Waals surface area contributed by atoms with Gasteiger partial charge >= 0.3 is 6.03 Å². The van der Waals surface area contributed by atoms with Crippen LogP contribution in [0.1, 0.15) is 38.5 Å². The van der Waals surface area contributed by atoms with Crippen molar-refractivity contribution in [2.24, 2.45) is 0 Å². The third kappa shape index (κ3) is 6.44. The maximum Gasteiger partial charge on any atom is 0.315 e. The Balaban J connectivity index is 1.20. The molecule has 3 atom stereocenters. The van der Waals surface area contributed by atoms with E-state index in [0.717, 1.165) is 29.9 Å². The highest BCUT2D eigenvalue weighted by Gasteiger charge is 2.42. The summed E-state index contributed by atoms with van der Waals surface area (Å²) in [7, 11) is 0. The van der Waals surface area contributed by atoms with E-state index in [1.54, 1.807) is 0 Å². The Morgan fingerprint density at radius 1 is 1.11 bits per heavy atom. The highest BCUT2D eigenvalue weighted by Crippen LogP contribution is 2.33. The van der Waals surface area contributed by atoms with Crippen molar-refractivity contribution in [2.45, 2.75) is 60.8 Å². The van der Waals surface area contributed by atoms with Gasteiger partial charge in [-0.1, -0.05) is 36.4 Å². The molecule has 0 radical (unpaired) electrons. The molecule has 0 saturated carbocycles. The van der Waals surface area contributed by atoms with Crippen molar-refractivity contribution in [3.8, 4) is 0 Å². The van der Waals surface area contributed by atoms with Gasteiger partial charge in [0.2, 0.25) is 5.91 Å². The predicted octanol–water partition coefficient (Wildman–Crippen LogP) is 2.93. The molecular formula is C20H27N3O3S2. The Kier molecular flexibility index (Phi) is 8.09.